The number of amides is 1. The van der Waals surface area contributed by atoms with Crippen LogP contribution in [-0.2, 0) is 4.79 Å². The summed E-state index contributed by atoms with van der Waals surface area (Å²) < 4.78 is 0. The minimum absolute atomic E-state index is 0.00863. The van der Waals surface area contributed by atoms with Crippen molar-refractivity contribution in [3.63, 3.8) is 0 Å². The van der Waals surface area contributed by atoms with Crippen LogP contribution >= 0.6 is 0 Å². The molecule has 2 saturated carbocycles. The molecule has 1 aliphatic heterocycles. The van der Waals surface area contributed by atoms with Crippen molar-refractivity contribution < 1.29 is 4.79 Å². The SMILES string of the molecule is CC(NCC1(C2CC2)CC1)C(=O)N1CCCCCC1. The molecule has 3 fully saturated rings. The van der Waals surface area contributed by atoms with E-state index >= 15 is 0 Å². The van der Waals surface area contributed by atoms with E-state index in [1.165, 1.54) is 51.4 Å². The van der Waals surface area contributed by atoms with E-state index in [1.54, 1.807) is 0 Å². The van der Waals surface area contributed by atoms with E-state index in [0.29, 0.717) is 11.3 Å². The first-order chi connectivity index (χ1) is 9.21. The van der Waals surface area contributed by atoms with Gasteiger partial charge in [0.15, 0.2) is 0 Å². The Bertz CT molecular complexity index is 326. The summed E-state index contributed by atoms with van der Waals surface area (Å²) in [6, 6.07) is 0.00863. The summed E-state index contributed by atoms with van der Waals surface area (Å²) in [6.45, 7) is 5.06. The van der Waals surface area contributed by atoms with Gasteiger partial charge in [-0.2, -0.15) is 0 Å². The van der Waals surface area contributed by atoms with Crippen molar-refractivity contribution in [2.45, 2.75) is 64.3 Å². The largest absolute Gasteiger partial charge is 0.341 e. The lowest BCUT2D eigenvalue weighted by Gasteiger charge is -2.26. The molecule has 19 heavy (non-hydrogen) atoms. The van der Waals surface area contributed by atoms with Crippen LogP contribution in [0, 0.1) is 11.3 Å². The number of carbonyl (C=O) groups excluding carboxylic acids is 1. The number of nitrogens with zero attached hydrogens (tertiary/aromatic N) is 1. The van der Waals surface area contributed by atoms with Gasteiger partial charge in [0, 0.05) is 19.6 Å². The van der Waals surface area contributed by atoms with Gasteiger partial charge in [-0.3, -0.25) is 4.79 Å². The highest BCUT2D eigenvalue weighted by atomic mass is 16.2. The van der Waals surface area contributed by atoms with Crippen LogP contribution in [0.15, 0.2) is 0 Å². The van der Waals surface area contributed by atoms with Gasteiger partial charge >= 0.3 is 0 Å². The molecule has 3 aliphatic rings. The van der Waals surface area contributed by atoms with Gasteiger partial charge in [-0.1, -0.05) is 12.8 Å². The summed E-state index contributed by atoms with van der Waals surface area (Å²) >= 11 is 0. The first-order valence-corrected chi connectivity index (χ1v) is 8.23. The van der Waals surface area contributed by atoms with Crippen LogP contribution in [0.25, 0.3) is 0 Å². The summed E-state index contributed by atoms with van der Waals surface area (Å²) in [5.74, 6) is 1.30. The fraction of sp³-hybridized carbons (Fsp3) is 0.938. The normalized spacial score (nSPS) is 27.7. The molecule has 3 rings (SSSR count). The Kier molecular flexibility index (Phi) is 3.84. The Hall–Kier alpha value is -0.570. The maximum absolute atomic E-state index is 12.4. The molecule has 1 unspecified atom stereocenters. The van der Waals surface area contributed by atoms with Crippen LogP contribution in [0.1, 0.15) is 58.3 Å². The van der Waals surface area contributed by atoms with E-state index in [4.69, 9.17) is 0 Å². The van der Waals surface area contributed by atoms with Crippen LogP contribution in [0.3, 0.4) is 0 Å². The van der Waals surface area contributed by atoms with Crippen molar-refractivity contribution in [1.29, 1.82) is 0 Å². The van der Waals surface area contributed by atoms with Gasteiger partial charge < -0.3 is 10.2 Å². The van der Waals surface area contributed by atoms with Crippen molar-refractivity contribution in [3.05, 3.63) is 0 Å². The minimum Gasteiger partial charge on any atom is -0.341 e. The molecule has 1 amide bonds. The summed E-state index contributed by atoms with van der Waals surface area (Å²) in [7, 11) is 0. The second-order valence-corrected chi connectivity index (χ2v) is 6.98. The van der Waals surface area contributed by atoms with E-state index in [9.17, 15) is 4.79 Å². The number of likely N-dealkylation sites (tertiary alicyclic amines) is 1. The maximum Gasteiger partial charge on any atom is 0.239 e. The highest BCUT2D eigenvalue weighted by Crippen LogP contribution is 2.60. The summed E-state index contributed by atoms with van der Waals surface area (Å²) in [6.07, 6.45) is 10.6. The van der Waals surface area contributed by atoms with Crippen molar-refractivity contribution in [2.24, 2.45) is 11.3 Å². The van der Waals surface area contributed by atoms with Crippen LogP contribution in [0.4, 0.5) is 0 Å². The average Bonchev–Trinajstić information content (AvgIpc) is 3.30. The zero-order chi connectivity index (χ0) is 13.3. The lowest BCUT2D eigenvalue weighted by Crippen LogP contribution is -2.46. The van der Waals surface area contributed by atoms with Crippen LogP contribution in [0.5, 0.6) is 0 Å². The van der Waals surface area contributed by atoms with E-state index in [-0.39, 0.29) is 6.04 Å². The predicted molar refractivity (Wildman–Crippen MR) is 76.9 cm³/mol. The molecule has 108 valence electrons. The predicted octanol–water partition coefficient (Wildman–Crippen LogP) is 2.56. The van der Waals surface area contributed by atoms with Gasteiger partial charge in [0.25, 0.3) is 0 Å². The Morgan fingerprint density at radius 1 is 1.21 bits per heavy atom. The molecule has 0 radical (unpaired) electrons. The van der Waals surface area contributed by atoms with Crippen molar-refractivity contribution in [1.82, 2.24) is 10.2 Å². The second kappa shape index (κ2) is 5.43. The number of hydrogen-bond donors (Lipinski definition) is 1. The molecule has 1 atom stereocenters. The molecule has 3 nitrogen and oxygen atoms in total. The van der Waals surface area contributed by atoms with Crippen LogP contribution in [-0.4, -0.2) is 36.5 Å². The zero-order valence-corrected chi connectivity index (χ0v) is 12.3. The molecule has 1 heterocycles. The number of rotatable bonds is 5. The molecule has 3 heteroatoms. The average molecular weight is 264 g/mol. The second-order valence-electron chi connectivity index (χ2n) is 6.98. The summed E-state index contributed by atoms with van der Waals surface area (Å²) in [4.78, 5) is 14.5. The Morgan fingerprint density at radius 2 is 1.84 bits per heavy atom. The molecule has 1 N–H and O–H groups in total. The molecule has 0 spiro atoms. The van der Waals surface area contributed by atoms with E-state index in [1.807, 2.05) is 0 Å². The lowest BCUT2D eigenvalue weighted by molar-refractivity contribution is -0.133. The fourth-order valence-corrected chi connectivity index (χ4v) is 3.59. The molecule has 0 bridgehead atoms. The molecular formula is C16H28N2O. The fourth-order valence-electron chi connectivity index (χ4n) is 3.59. The quantitative estimate of drug-likeness (QED) is 0.827. The van der Waals surface area contributed by atoms with Crippen molar-refractivity contribution in [3.8, 4) is 0 Å². The van der Waals surface area contributed by atoms with Gasteiger partial charge in [0.05, 0.1) is 6.04 Å². The van der Waals surface area contributed by atoms with E-state index in [2.05, 4.69) is 17.1 Å². The van der Waals surface area contributed by atoms with Gasteiger partial charge in [-0.05, 0) is 56.8 Å². The van der Waals surface area contributed by atoms with Gasteiger partial charge in [0.2, 0.25) is 5.91 Å². The van der Waals surface area contributed by atoms with Gasteiger partial charge in [0.1, 0.15) is 0 Å². The number of nitrogens with one attached hydrogen (secondary N) is 1. The van der Waals surface area contributed by atoms with E-state index in [0.717, 1.165) is 25.6 Å². The third kappa shape index (κ3) is 3.13. The Morgan fingerprint density at radius 3 is 2.37 bits per heavy atom. The van der Waals surface area contributed by atoms with Crippen LogP contribution < -0.4 is 5.32 Å². The Balaban J connectivity index is 1.46. The molecule has 0 aromatic carbocycles. The first-order valence-electron chi connectivity index (χ1n) is 8.23. The van der Waals surface area contributed by atoms with Crippen molar-refractivity contribution >= 4 is 5.91 Å². The summed E-state index contributed by atoms with van der Waals surface area (Å²) in [5.41, 5.74) is 0.591. The number of hydrogen-bond acceptors (Lipinski definition) is 2. The third-order valence-corrected chi connectivity index (χ3v) is 5.38. The standard InChI is InChI=1S/C16H28N2O/c1-13(15(19)18-10-4-2-3-5-11-18)17-12-16(8-9-16)14-6-7-14/h13-14,17H,2-12H2,1H3. The number of carbonyl (C=O) groups is 1. The van der Waals surface area contributed by atoms with Crippen molar-refractivity contribution in [2.75, 3.05) is 19.6 Å². The molecule has 1 saturated heterocycles. The van der Waals surface area contributed by atoms with Crippen LogP contribution in [0.2, 0.25) is 0 Å². The minimum atomic E-state index is 0.00863. The maximum atomic E-state index is 12.4. The lowest BCUT2D eigenvalue weighted by atomic mass is 10.0. The molecular weight excluding hydrogens is 236 g/mol. The topological polar surface area (TPSA) is 32.3 Å². The van der Waals surface area contributed by atoms with Gasteiger partial charge in [-0.15, -0.1) is 0 Å². The first kappa shape index (κ1) is 13.4. The Labute approximate surface area is 117 Å². The highest BCUT2D eigenvalue weighted by Gasteiger charge is 2.53. The summed E-state index contributed by atoms with van der Waals surface area (Å²) in [5, 5.41) is 3.53. The molecule has 0 aromatic heterocycles. The molecule has 0 aromatic rings. The smallest absolute Gasteiger partial charge is 0.239 e. The monoisotopic (exact) mass is 264 g/mol. The molecule has 2 aliphatic carbocycles. The highest BCUT2D eigenvalue weighted by molar-refractivity contribution is 5.81. The zero-order valence-electron chi connectivity index (χ0n) is 12.3. The third-order valence-electron chi connectivity index (χ3n) is 5.38. The van der Waals surface area contributed by atoms with E-state index < -0.39 is 0 Å². The van der Waals surface area contributed by atoms with Gasteiger partial charge in [-0.25, -0.2) is 0 Å².